The molecule has 0 bridgehead atoms. The van der Waals surface area contributed by atoms with Crippen LogP contribution in [0.5, 0.6) is 0 Å². The van der Waals surface area contributed by atoms with Crippen LogP contribution >= 0.6 is 34.5 Å². The van der Waals surface area contributed by atoms with Gasteiger partial charge < -0.3 is 0 Å². The average molecular weight is 469 g/mol. The van der Waals surface area contributed by atoms with Gasteiger partial charge in [-0.2, -0.15) is 8.42 Å². The maximum atomic E-state index is 13.2. The van der Waals surface area contributed by atoms with Crippen LogP contribution < -0.4 is 9.62 Å². The normalized spacial score (nSPS) is 16.0. The van der Waals surface area contributed by atoms with Crippen LogP contribution in [0.1, 0.15) is 22.8 Å². The van der Waals surface area contributed by atoms with Gasteiger partial charge in [-0.15, -0.1) is 10.2 Å². The standard InChI is InChI=1S/C18H14Cl2N4O3S2/c1-10-8-11-4-2-3-5-15(11)24(10)29(26,27)18-23-22-17(28-18)21-16(25)13-7-6-12(19)9-14(13)20/h2-7,9-10H,8H2,1H3,(H,21,22,25). The summed E-state index contributed by atoms with van der Waals surface area (Å²) >= 11 is 12.7. The lowest BCUT2D eigenvalue weighted by Crippen LogP contribution is -2.35. The molecule has 11 heteroatoms. The summed E-state index contributed by atoms with van der Waals surface area (Å²) in [5.74, 6) is -0.536. The number of nitrogens with zero attached hydrogens (tertiary/aromatic N) is 3. The van der Waals surface area contributed by atoms with Crippen LogP contribution in [0.3, 0.4) is 0 Å². The van der Waals surface area contributed by atoms with Crippen LogP contribution in [0.2, 0.25) is 10.0 Å². The second kappa shape index (κ2) is 7.56. The van der Waals surface area contributed by atoms with Crippen molar-refractivity contribution in [1.82, 2.24) is 10.2 Å². The number of anilines is 2. The zero-order valence-corrected chi connectivity index (χ0v) is 18.1. The number of carbonyl (C=O) groups excluding carboxylic acids is 1. The molecule has 1 aliphatic heterocycles. The Morgan fingerprint density at radius 3 is 2.72 bits per heavy atom. The summed E-state index contributed by atoms with van der Waals surface area (Å²) < 4.78 is 27.5. The second-order valence-electron chi connectivity index (χ2n) is 6.43. The predicted octanol–water partition coefficient (Wildman–Crippen LogP) is 4.24. The smallest absolute Gasteiger partial charge is 0.293 e. The SMILES string of the molecule is CC1Cc2ccccc2N1S(=O)(=O)c1nnc(NC(=O)c2ccc(Cl)cc2Cl)s1. The van der Waals surface area contributed by atoms with Crippen molar-refractivity contribution >= 4 is 61.3 Å². The molecule has 0 aliphatic carbocycles. The molecule has 2 heterocycles. The van der Waals surface area contributed by atoms with E-state index in [2.05, 4.69) is 15.5 Å². The number of halogens is 2. The Morgan fingerprint density at radius 1 is 1.21 bits per heavy atom. The van der Waals surface area contributed by atoms with Gasteiger partial charge in [-0.25, -0.2) is 0 Å². The molecule has 0 fully saturated rings. The molecule has 3 aromatic rings. The Labute approximate surface area is 181 Å². The fourth-order valence-electron chi connectivity index (χ4n) is 3.19. The topological polar surface area (TPSA) is 92.3 Å². The number of fused-ring (bicyclic) bond motifs is 1. The summed E-state index contributed by atoms with van der Waals surface area (Å²) in [6.07, 6.45) is 0.618. The van der Waals surface area contributed by atoms with Crippen molar-refractivity contribution < 1.29 is 13.2 Å². The average Bonchev–Trinajstić information content (AvgIpc) is 3.25. The van der Waals surface area contributed by atoms with E-state index in [4.69, 9.17) is 23.2 Å². The van der Waals surface area contributed by atoms with Crippen molar-refractivity contribution in [1.29, 1.82) is 0 Å². The summed E-state index contributed by atoms with van der Waals surface area (Å²) in [4.78, 5) is 12.4. The number of amides is 1. The zero-order valence-electron chi connectivity index (χ0n) is 15.0. The van der Waals surface area contributed by atoms with Gasteiger partial charge in [0.15, 0.2) is 0 Å². The number of aromatic nitrogens is 2. The monoisotopic (exact) mass is 468 g/mol. The maximum Gasteiger partial charge on any atom is 0.293 e. The molecule has 1 N–H and O–H groups in total. The molecule has 1 aliphatic rings. The number of hydrogen-bond acceptors (Lipinski definition) is 6. The van der Waals surface area contributed by atoms with Gasteiger partial charge in [0, 0.05) is 11.1 Å². The van der Waals surface area contributed by atoms with E-state index in [-0.39, 0.29) is 26.1 Å². The highest BCUT2D eigenvalue weighted by atomic mass is 35.5. The number of benzene rings is 2. The number of sulfonamides is 1. The van der Waals surface area contributed by atoms with E-state index in [1.54, 1.807) is 12.1 Å². The Hall–Kier alpha value is -2.20. The predicted molar refractivity (Wildman–Crippen MR) is 114 cm³/mol. The third-order valence-corrected chi connectivity index (χ3v) is 8.09. The van der Waals surface area contributed by atoms with Crippen LogP contribution in [0, 0.1) is 0 Å². The van der Waals surface area contributed by atoms with Crippen molar-refractivity contribution in [3.63, 3.8) is 0 Å². The van der Waals surface area contributed by atoms with Gasteiger partial charge in [0.2, 0.25) is 5.13 Å². The lowest BCUT2D eigenvalue weighted by atomic mass is 10.1. The van der Waals surface area contributed by atoms with Gasteiger partial charge in [-0.05, 0) is 43.2 Å². The van der Waals surface area contributed by atoms with E-state index in [9.17, 15) is 13.2 Å². The van der Waals surface area contributed by atoms with E-state index < -0.39 is 15.9 Å². The number of para-hydroxylation sites is 1. The van der Waals surface area contributed by atoms with Crippen LogP contribution in [0.15, 0.2) is 46.8 Å². The molecule has 1 amide bonds. The van der Waals surface area contributed by atoms with Crippen molar-refractivity contribution in [2.45, 2.75) is 23.7 Å². The first kappa shape index (κ1) is 20.1. The largest absolute Gasteiger partial charge is 0.296 e. The number of hydrogen-bond donors (Lipinski definition) is 1. The molecule has 0 spiro atoms. The minimum Gasteiger partial charge on any atom is -0.296 e. The van der Waals surface area contributed by atoms with E-state index in [1.165, 1.54) is 22.5 Å². The molecular weight excluding hydrogens is 455 g/mol. The van der Waals surface area contributed by atoms with Gasteiger partial charge in [0.1, 0.15) is 0 Å². The molecule has 0 saturated heterocycles. The molecule has 1 aromatic heterocycles. The summed E-state index contributed by atoms with van der Waals surface area (Å²) in [7, 11) is -3.91. The highest BCUT2D eigenvalue weighted by molar-refractivity contribution is 7.94. The van der Waals surface area contributed by atoms with Gasteiger partial charge >= 0.3 is 0 Å². The fraction of sp³-hybridized carbons (Fsp3) is 0.167. The molecule has 29 heavy (non-hydrogen) atoms. The Kier molecular flexibility index (Phi) is 5.24. The van der Waals surface area contributed by atoms with Crippen molar-refractivity contribution in [3.8, 4) is 0 Å². The quantitative estimate of drug-likeness (QED) is 0.578. The minimum atomic E-state index is -3.91. The third-order valence-electron chi connectivity index (χ3n) is 4.43. The van der Waals surface area contributed by atoms with Crippen LogP contribution in [0.4, 0.5) is 10.8 Å². The van der Waals surface area contributed by atoms with Gasteiger partial charge in [-0.1, -0.05) is 52.7 Å². The zero-order chi connectivity index (χ0) is 20.8. The van der Waals surface area contributed by atoms with Crippen molar-refractivity contribution in [2.24, 2.45) is 0 Å². The fourth-order valence-corrected chi connectivity index (χ4v) is 6.35. The Balaban J connectivity index is 1.59. The number of nitrogens with one attached hydrogen (secondary N) is 1. The summed E-state index contributed by atoms with van der Waals surface area (Å²) in [6, 6.07) is 11.5. The van der Waals surface area contributed by atoms with Crippen LogP contribution in [-0.4, -0.2) is 30.6 Å². The van der Waals surface area contributed by atoms with E-state index in [0.29, 0.717) is 17.1 Å². The van der Waals surface area contributed by atoms with Crippen molar-refractivity contribution in [2.75, 3.05) is 9.62 Å². The highest BCUT2D eigenvalue weighted by Crippen LogP contribution is 2.37. The lowest BCUT2D eigenvalue weighted by Gasteiger charge is -2.22. The molecule has 0 radical (unpaired) electrons. The molecule has 7 nitrogen and oxygen atoms in total. The van der Waals surface area contributed by atoms with E-state index in [0.717, 1.165) is 16.9 Å². The Morgan fingerprint density at radius 2 is 1.97 bits per heavy atom. The summed E-state index contributed by atoms with van der Waals surface area (Å²) in [5, 5.41) is 10.8. The minimum absolute atomic E-state index is 0.0553. The number of carbonyl (C=O) groups is 1. The summed E-state index contributed by atoms with van der Waals surface area (Å²) in [5.41, 5.74) is 1.78. The first-order valence-electron chi connectivity index (χ1n) is 8.49. The molecule has 1 atom stereocenters. The van der Waals surface area contributed by atoms with Crippen LogP contribution in [0.25, 0.3) is 0 Å². The molecule has 0 saturated carbocycles. The number of rotatable bonds is 4. The first-order valence-corrected chi connectivity index (χ1v) is 11.5. The van der Waals surface area contributed by atoms with Gasteiger partial charge in [0.25, 0.3) is 20.3 Å². The Bertz CT molecular complexity index is 1210. The molecule has 2 aromatic carbocycles. The van der Waals surface area contributed by atoms with E-state index in [1.807, 2.05) is 19.1 Å². The van der Waals surface area contributed by atoms with Gasteiger partial charge in [-0.3, -0.25) is 14.4 Å². The molecular formula is C18H14Cl2N4O3S2. The first-order chi connectivity index (χ1) is 13.8. The molecule has 4 rings (SSSR count). The third kappa shape index (κ3) is 3.71. The highest BCUT2D eigenvalue weighted by Gasteiger charge is 2.38. The molecule has 1 unspecified atom stereocenters. The van der Waals surface area contributed by atoms with Crippen LogP contribution in [-0.2, 0) is 16.4 Å². The summed E-state index contributed by atoms with van der Waals surface area (Å²) in [6.45, 7) is 1.84. The van der Waals surface area contributed by atoms with Crippen molar-refractivity contribution in [3.05, 3.63) is 63.6 Å². The maximum absolute atomic E-state index is 13.2. The van der Waals surface area contributed by atoms with Gasteiger partial charge in [0.05, 0.1) is 16.3 Å². The van der Waals surface area contributed by atoms with E-state index >= 15 is 0 Å². The molecule has 150 valence electrons. The lowest BCUT2D eigenvalue weighted by molar-refractivity contribution is 0.102. The second-order valence-corrected chi connectivity index (χ2v) is 10.2.